The van der Waals surface area contributed by atoms with Crippen molar-refractivity contribution in [3.8, 4) is 0 Å². The van der Waals surface area contributed by atoms with Gasteiger partial charge in [0.25, 0.3) is 5.79 Å². The second-order valence-electron chi connectivity index (χ2n) is 8.13. The van der Waals surface area contributed by atoms with E-state index < -0.39 is 42.5 Å². The van der Waals surface area contributed by atoms with Crippen molar-refractivity contribution in [1.29, 1.82) is 0 Å². The summed E-state index contributed by atoms with van der Waals surface area (Å²) >= 11 is 0. The minimum absolute atomic E-state index is 0.118. The third kappa shape index (κ3) is 5.43. The van der Waals surface area contributed by atoms with Crippen LogP contribution in [0.4, 0.5) is 0 Å². The van der Waals surface area contributed by atoms with Crippen molar-refractivity contribution in [2.24, 2.45) is 0 Å². The highest BCUT2D eigenvalue weighted by atomic mass is 16.8. The molecule has 0 saturated carbocycles. The van der Waals surface area contributed by atoms with E-state index in [0.717, 1.165) is 11.1 Å². The van der Waals surface area contributed by atoms with E-state index in [-0.39, 0.29) is 6.61 Å². The Hall–Kier alpha value is -2.33. The zero-order chi connectivity index (χ0) is 23.3. The maximum Gasteiger partial charge on any atom is 0.366 e. The van der Waals surface area contributed by atoms with E-state index in [1.165, 1.54) is 14.0 Å². The summed E-state index contributed by atoms with van der Waals surface area (Å²) in [5.74, 6) is -2.18. The topological polar surface area (TPSA) is 81.7 Å². The minimum atomic E-state index is -1.56. The van der Waals surface area contributed by atoms with Gasteiger partial charge in [-0.25, -0.2) is 4.79 Å². The molecular weight excluding hydrogens is 428 g/mol. The monoisotopic (exact) mass is 458 g/mol. The molecule has 178 valence electrons. The molecule has 0 radical (unpaired) electrons. The molecule has 2 heterocycles. The second-order valence-corrected chi connectivity index (χ2v) is 8.13. The molecule has 2 fully saturated rings. The molecule has 0 N–H and O–H groups in total. The van der Waals surface area contributed by atoms with Crippen LogP contribution in [0.25, 0.3) is 0 Å². The van der Waals surface area contributed by atoms with Crippen LogP contribution in [0, 0.1) is 0 Å². The average Bonchev–Trinajstić information content (AvgIpc) is 2.86. The number of rotatable bonds is 8. The van der Waals surface area contributed by atoms with Gasteiger partial charge in [0, 0.05) is 14.0 Å². The fraction of sp³-hybridized carbons (Fsp3) is 0.480. The third-order valence-corrected chi connectivity index (χ3v) is 5.85. The molecule has 0 unspecified atom stereocenters. The SMILES string of the molecule is COC(=O)[C@@]1(C)OC[C@H]2O[C@@H](OCc3ccccc3)[C@H](OCc3ccccc3)[C@@H](OC)[C@@H]2O1. The number of carbonyl (C=O) groups is 1. The van der Waals surface area contributed by atoms with Crippen LogP contribution < -0.4 is 0 Å². The average molecular weight is 459 g/mol. The number of fused-ring (bicyclic) bond motifs is 1. The summed E-state index contributed by atoms with van der Waals surface area (Å²) in [7, 11) is 2.87. The summed E-state index contributed by atoms with van der Waals surface area (Å²) in [6.45, 7) is 2.32. The Kier molecular flexibility index (Phi) is 7.75. The van der Waals surface area contributed by atoms with Gasteiger partial charge in [0.2, 0.25) is 0 Å². The first-order valence-corrected chi connectivity index (χ1v) is 10.9. The van der Waals surface area contributed by atoms with Crippen molar-refractivity contribution in [3.05, 3.63) is 71.8 Å². The van der Waals surface area contributed by atoms with Crippen molar-refractivity contribution in [3.63, 3.8) is 0 Å². The van der Waals surface area contributed by atoms with Gasteiger partial charge in [0.05, 0.1) is 26.9 Å². The summed E-state index contributed by atoms with van der Waals surface area (Å²) in [6, 6.07) is 19.6. The number of benzene rings is 2. The molecule has 0 amide bonds. The molecular formula is C25H30O8. The van der Waals surface area contributed by atoms with Gasteiger partial charge in [-0.05, 0) is 11.1 Å². The molecule has 0 aromatic heterocycles. The molecule has 2 saturated heterocycles. The molecule has 0 bridgehead atoms. The summed E-state index contributed by atoms with van der Waals surface area (Å²) in [6.07, 6.45) is -3.04. The lowest BCUT2D eigenvalue weighted by Crippen LogP contribution is -2.67. The predicted molar refractivity (Wildman–Crippen MR) is 117 cm³/mol. The van der Waals surface area contributed by atoms with Crippen LogP contribution in [0.1, 0.15) is 18.1 Å². The Morgan fingerprint density at radius 1 is 0.939 bits per heavy atom. The lowest BCUT2D eigenvalue weighted by molar-refractivity contribution is -0.386. The zero-order valence-corrected chi connectivity index (χ0v) is 19.0. The molecule has 8 nitrogen and oxygen atoms in total. The number of carbonyl (C=O) groups excluding carboxylic acids is 1. The Labute approximate surface area is 193 Å². The van der Waals surface area contributed by atoms with Gasteiger partial charge >= 0.3 is 5.97 Å². The van der Waals surface area contributed by atoms with Crippen molar-refractivity contribution in [1.82, 2.24) is 0 Å². The molecule has 4 rings (SSSR count). The van der Waals surface area contributed by atoms with E-state index in [4.69, 9.17) is 33.2 Å². The van der Waals surface area contributed by atoms with Gasteiger partial charge in [-0.15, -0.1) is 0 Å². The smallest absolute Gasteiger partial charge is 0.366 e. The standard InChI is InChI=1S/C25H30O8/c1-25(24(26)28-3)31-16-19-20(33-25)21(27-2)22(29-14-17-10-6-4-7-11-17)23(32-19)30-15-18-12-8-5-9-13-18/h4-13,19-23H,14-16H2,1-3H3/t19-,20-,21+,22-,23-,25+/m1/s1. The molecule has 2 aromatic carbocycles. The summed E-state index contributed by atoms with van der Waals surface area (Å²) in [5.41, 5.74) is 2.01. The van der Waals surface area contributed by atoms with Gasteiger partial charge in [-0.2, -0.15) is 0 Å². The van der Waals surface area contributed by atoms with Gasteiger partial charge in [-0.3, -0.25) is 0 Å². The van der Waals surface area contributed by atoms with Crippen molar-refractivity contribution >= 4 is 5.97 Å². The Morgan fingerprint density at radius 2 is 1.55 bits per heavy atom. The van der Waals surface area contributed by atoms with Crippen LogP contribution in [-0.4, -0.2) is 63.3 Å². The van der Waals surface area contributed by atoms with Gasteiger partial charge in [0.15, 0.2) is 6.29 Å². The number of hydrogen-bond donors (Lipinski definition) is 0. The van der Waals surface area contributed by atoms with Crippen LogP contribution >= 0.6 is 0 Å². The van der Waals surface area contributed by atoms with E-state index in [1.807, 2.05) is 60.7 Å². The van der Waals surface area contributed by atoms with E-state index in [1.54, 1.807) is 7.11 Å². The van der Waals surface area contributed by atoms with Crippen molar-refractivity contribution in [2.75, 3.05) is 20.8 Å². The maximum absolute atomic E-state index is 12.3. The van der Waals surface area contributed by atoms with E-state index in [2.05, 4.69) is 0 Å². The largest absolute Gasteiger partial charge is 0.465 e. The van der Waals surface area contributed by atoms with E-state index in [9.17, 15) is 4.79 Å². The lowest BCUT2D eigenvalue weighted by Gasteiger charge is -2.50. The molecule has 0 aliphatic carbocycles. The lowest BCUT2D eigenvalue weighted by atomic mass is 9.96. The molecule has 2 aliphatic heterocycles. The fourth-order valence-electron chi connectivity index (χ4n) is 4.08. The normalized spacial score (nSPS) is 31.5. The predicted octanol–water partition coefficient (Wildman–Crippen LogP) is 2.83. The number of hydrogen-bond acceptors (Lipinski definition) is 8. The van der Waals surface area contributed by atoms with E-state index >= 15 is 0 Å². The molecule has 33 heavy (non-hydrogen) atoms. The minimum Gasteiger partial charge on any atom is -0.465 e. The second kappa shape index (κ2) is 10.7. The van der Waals surface area contributed by atoms with Gasteiger partial charge in [0.1, 0.15) is 24.4 Å². The Balaban J connectivity index is 1.54. The molecule has 0 spiro atoms. The maximum atomic E-state index is 12.3. The molecule has 2 aromatic rings. The van der Waals surface area contributed by atoms with Crippen LogP contribution in [0.5, 0.6) is 0 Å². The van der Waals surface area contributed by atoms with Crippen LogP contribution in [0.2, 0.25) is 0 Å². The first-order chi connectivity index (χ1) is 16.0. The highest BCUT2D eigenvalue weighted by Crippen LogP contribution is 2.36. The molecule has 6 atom stereocenters. The number of esters is 1. The third-order valence-electron chi connectivity index (χ3n) is 5.85. The van der Waals surface area contributed by atoms with Crippen molar-refractivity contribution in [2.45, 2.75) is 56.6 Å². The number of methoxy groups -OCH3 is 2. The van der Waals surface area contributed by atoms with Crippen molar-refractivity contribution < 1.29 is 38.0 Å². The van der Waals surface area contributed by atoms with Crippen LogP contribution in [0.15, 0.2) is 60.7 Å². The van der Waals surface area contributed by atoms with E-state index in [0.29, 0.717) is 13.2 Å². The van der Waals surface area contributed by atoms with Crippen LogP contribution in [0.3, 0.4) is 0 Å². The van der Waals surface area contributed by atoms with Crippen LogP contribution in [-0.2, 0) is 51.2 Å². The highest BCUT2D eigenvalue weighted by Gasteiger charge is 2.56. The highest BCUT2D eigenvalue weighted by molar-refractivity contribution is 5.77. The van der Waals surface area contributed by atoms with Gasteiger partial charge < -0.3 is 33.2 Å². The zero-order valence-electron chi connectivity index (χ0n) is 19.0. The molecule has 2 aliphatic rings. The Morgan fingerprint density at radius 3 is 2.12 bits per heavy atom. The van der Waals surface area contributed by atoms with Gasteiger partial charge in [-0.1, -0.05) is 60.7 Å². The summed E-state index contributed by atoms with van der Waals surface area (Å²) in [4.78, 5) is 12.3. The Bertz CT molecular complexity index is 892. The summed E-state index contributed by atoms with van der Waals surface area (Å²) in [5, 5.41) is 0. The molecule has 8 heteroatoms. The fourth-order valence-corrected chi connectivity index (χ4v) is 4.08. The number of ether oxygens (including phenoxy) is 7. The summed E-state index contributed by atoms with van der Waals surface area (Å²) < 4.78 is 41.0. The quantitative estimate of drug-likeness (QED) is 0.559. The first-order valence-electron chi connectivity index (χ1n) is 10.9. The first kappa shape index (κ1) is 23.8.